The van der Waals surface area contributed by atoms with Gasteiger partial charge in [-0.05, 0) is 18.9 Å². The van der Waals surface area contributed by atoms with Crippen molar-refractivity contribution in [2.24, 2.45) is 0 Å². The Bertz CT molecular complexity index is 329. The van der Waals surface area contributed by atoms with Crippen molar-refractivity contribution in [3.63, 3.8) is 0 Å². The first-order chi connectivity index (χ1) is 6.77. The van der Waals surface area contributed by atoms with Crippen LogP contribution in [0.5, 0.6) is 0 Å². The zero-order valence-corrected chi connectivity index (χ0v) is 7.72. The van der Waals surface area contributed by atoms with E-state index in [1.165, 1.54) is 6.07 Å². The number of carbonyl (C=O) groups is 1. The number of hydrogen-bond acceptors (Lipinski definition) is 3. The molecule has 0 spiro atoms. The molecule has 14 heavy (non-hydrogen) atoms. The van der Waals surface area contributed by atoms with E-state index in [0.717, 1.165) is 19.4 Å². The molecule has 1 saturated heterocycles. The summed E-state index contributed by atoms with van der Waals surface area (Å²) in [5, 5.41) is 12.7. The van der Waals surface area contributed by atoms with Gasteiger partial charge >= 0.3 is 5.97 Å². The van der Waals surface area contributed by atoms with Crippen molar-refractivity contribution in [1.82, 2.24) is 9.78 Å². The maximum absolute atomic E-state index is 10.6. The third kappa shape index (κ3) is 1.77. The van der Waals surface area contributed by atoms with Gasteiger partial charge in [0.1, 0.15) is 0 Å². The average molecular weight is 196 g/mol. The molecule has 1 N–H and O–H groups in total. The molecule has 1 aromatic rings. The molecule has 76 valence electrons. The van der Waals surface area contributed by atoms with Gasteiger partial charge in [0.25, 0.3) is 0 Å². The highest BCUT2D eigenvalue weighted by molar-refractivity contribution is 5.85. The van der Waals surface area contributed by atoms with Crippen LogP contribution in [0.15, 0.2) is 12.3 Å². The molecular formula is C9H12N2O3. The summed E-state index contributed by atoms with van der Waals surface area (Å²) >= 11 is 0. The molecule has 0 saturated carbocycles. The largest absolute Gasteiger partial charge is 0.476 e. The molecule has 1 aliphatic heterocycles. The van der Waals surface area contributed by atoms with Crippen LogP contribution >= 0.6 is 0 Å². The molecule has 1 aromatic heterocycles. The van der Waals surface area contributed by atoms with Gasteiger partial charge in [0.05, 0.1) is 12.6 Å². The number of carboxylic acids is 1. The fraction of sp³-hybridized carbons (Fsp3) is 0.556. The lowest BCUT2D eigenvalue weighted by Crippen LogP contribution is -2.21. The van der Waals surface area contributed by atoms with Gasteiger partial charge in [0, 0.05) is 12.8 Å². The fourth-order valence-electron chi connectivity index (χ4n) is 1.59. The maximum atomic E-state index is 10.6. The Kier molecular flexibility index (Phi) is 2.49. The van der Waals surface area contributed by atoms with E-state index >= 15 is 0 Å². The van der Waals surface area contributed by atoms with Gasteiger partial charge in [-0.15, -0.1) is 0 Å². The molecule has 0 amide bonds. The van der Waals surface area contributed by atoms with Crippen LogP contribution < -0.4 is 0 Å². The van der Waals surface area contributed by atoms with Crippen molar-refractivity contribution < 1.29 is 14.6 Å². The summed E-state index contributed by atoms with van der Waals surface area (Å²) in [4.78, 5) is 10.6. The number of hydrogen-bond donors (Lipinski definition) is 1. The second kappa shape index (κ2) is 3.79. The summed E-state index contributed by atoms with van der Waals surface area (Å²) in [7, 11) is 0. The third-order valence-corrected chi connectivity index (χ3v) is 2.34. The maximum Gasteiger partial charge on any atom is 0.356 e. The summed E-state index contributed by atoms with van der Waals surface area (Å²) in [6, 6.07) is 1.70. The summed E-state index contributed by atoms with van der Waals surface area (Å²) in [6.07, 6.45) is 3.70. The number of nitrogens with zero attached hydrogens (tertiary/aromatic N) is 2. The first kappa shape index (κ1) is 9.21. The zero-order chi connectivity index (χ0) is 9.97. The van der Waals surface area contributed by atoms with E-state index in [1.807, 2.05) is 0 Å². The SMILES string of the molecule is O=C(O)c1ccn(C2CCCOC2)n1. The molecule has 1 aliphatic rings. The van der Waals surface area contributed by atoms with Crippen LogP contribution in [0.4, 0.5) is 0 Å². The third-order valence-electron chi connectivity index (χ3n) is 2.34. The normalized spacial score (nSPS) is 22.1. The van der Waals surface area contributed by atoms with Gasteiger partial charge in [0.2, 0.25) is 0 Å². The van der Waals surface area contributed by atoms with Crippen LogP contribution in [0.2, 0.25) is 0 Å². The topological polar surface area (TPSA) is 64.3 Å². The van der Waals surface area contributed by atoms with Gasteiger partial charge in [-0.2, -0.15) is 5.10 Å². The number of aromatic nitrogens is 2. The summed E-state index contributed by atoms with van der Waals surface area (Å²) in [5.74, 6) is -0.986. The fourth-order valence-corrected chi connectivity index (χ4v) is 1.59. The number of carboxylic acid groups (broad SMARTS) is 1. The molecule has 0 bridgehead atoms. The molecule has 5 heteroatoms. The minimum absolute atomic E-state index is 0.0931. The van der Waals surface area contributed by atoms with Crippen molar-refractivity contribution in [3.05, 3.63) is 18.0 Å². The lowest BCUT2D eigenvalue weighted by Gasteiger charge is -2.22. The molecule has 0 aliphatic carbocycles. The first-order valence-electron chi connectivity index (χ1n) is 4.63. The van der Waals surface area contributed by atoms with Gasteiger partial charge in [0.15, 0.2) is 5.69 Å². The van der Waals surface area contributed by atoms with Crippen molar-refractivity contribution >= 4 is 5.97 Å². The van der Waals surface area contributed by atoms with E-state index in [1.54, 1.807) is 10.9 Å². The molecule has 2 heterocycles. The van der Waals surface area contributed by atoms with E-state index in [-0.39, 0.29) is 11.7 Å². The highest BCUT2D eigenvalue weighted by atomic mass is 16.5. The lowest BCUT2D eigenvalue weighted by molar-refractivity contribution is 0.0540. The van der Waals surface area contributed by atoms with Gasteiger partial charge in [-0.25, -0.2) is 4.79 Å². The Morgan fingerprint density at radius 3 is 3.14 bits per heavy atom. The lowest BCUT2D eigenvalue weighted by atomic mass is 10.1. The number of aromatic carboxylic acids is 1. The number of ether oxygens (including phenoxy) is 1. The van der Waals surface area contributed by atoms with E-state index < -0.39 is 5.97 Å². The molecular weight excluding hydrogens is 184 g/mol. The van der Waals surface area contributed by atoms with Crippen LogP contribution in [0.1, 0.15) is 29.4 Å². The van der Waals surface area contributed by atoms with E-state index in [4.69, 9.17) is 9.84 Å². The molecule has 0 aromatic carbocycles. The van der Waals surface area contributed by atoms with Crippen molar-refractivity contribution in [1.29, 1.82) is 0 Å². The van der Waals surface area contributed by atoms with Gasteiger partial charge in [-0.1, -0.05) is 0 Å². The summed E-state index contributed by atoms with van der Waals surface area (Å²) in [5.41, 5.74) is 0.0931. The minimum atomic E-state index is -0.986. The van der Waals surface area contributed by atoms with E-state index in [9.17, 15) is 4.79 Å². The summed E-state index contributed by atoms with van der Waals surface area (Å²) in [6.45, 7) is 1.42. The van der Waals surface area contributed by atoms with Crippen molar-refractivity contribution in [2.75, 3.05) is 13.2 Å². The second-order valence-electron chi connectivity index (χ2n) is 3.36. The van der Waals surface area contributed by atoms with Gasteiger partial charge < -0.3 is 9.84 Å². The van der Waals surface area contributed by atoms with Crippen molar-refractivity contribution in [3.8, 4) is 0 Å². The molecule has 1 atom stereocenters. The smallest absolute Gasteiger partial charge is 0.356 e. The minimum Gasteiger partial charge on any atom is -0.476 e. The molecule has 2 rings (SSSR count). The predicted molar refractivity (Wildman–Crippen MR) is 48.3 cm³/mol. The second-order valence-corrected chi connectivity index (χ2v) is 3.36. The van der Waals surface area contributed by atoms with E-state index in [2.05, 4.69) is 5.10 Å². The Labute approximate surface area is 81.3 Å². The van der Waals surface area contributed by atoms with Crippen LogP contribution in [0, 0.1) is 0 Å². The highest BCUT2D eigenvalue weighted by Crippen LogP contribution is 2.18. The average Bonchev–Trinajstić information content (AvgIpc) is 2.68. The van der Waals surface area contributed by atoms with Crippen molar-refractivity contribution in [2.45, 2.75) is 18.9 Å². The molecule has 5 nitrogen and oxygen atoms in total. The zero-order valence-electron chi connectivity index (χ0n) is 7.72. The standard InChI is InChI=1S/C9H12N2O3/c12-9(13)8-3-4-11(10-8)7-2-1-5-14-6-7/h3-4,7H,1-2,5-6H2,(H,12,13). The predicted octanol–water partition coefficient (Wildman–Crippen LogP) is 0.933. The molecule has 0 radical (unpaired) electrons. The molecule has 1 unspecified atom stereocenters. The first-order valence-corrected chi connectivity index (χ1v) is 4.63. The van der Waals surface area contributed by atoms with Crippen LogP contribution in [-0.2, 0) is 4.74 Å². The Hall–Kier alpha value is -1.36. The monoisotopic (exact) mass is 196 g/mol. The highest BCUT2D eigenvalue weighted by Gasteiger charge is 2.17. The van der Waals surface area contributed by atoms with Crippen LogP contribution in [0.25, 0.3) is 0 Å². The Morgan fingerprint density at radius 1 is 1.71 bits per heavy atom. The summed E-state index contributed by atoms with van der Waals surface area (Å²) < 4.78 is 6.98. The Morgan fingerprint density at radius 2 is 2.57 bits per heavy atom. The van der Waals surface area contributed by atoms with Crippen LogP contribution in [-0.4, -0.2) is 34.1 Å². The number of rotatable bonds is 2. The quantitative estimate of drug-likeness (QED) is 0.764. The molecule has 1 fully saturated rings. The van der Waals surface area contributed by atoms with E-state index in [0.29, 0.717) is 6.61 Å². The van der Waals surface area contributed by atoms with Gasteiger partial charge in [-0.3, -0.25) is 4.68 Å². The Balaban J connectivity index is 2.11. The van der Waals surface area contributed by atoms with Crippen LogP contribution in [0.3, 0.4) is 0 Å².